The molecular formula is C19H20N2O4. The van der Waals surface area contributed by atoms with Gasteiger partial charge >= 0.3 is 0 Å². The molecule has 2 amide bonds. The van der Waals surface area contributed by atoms with Gasteiger partial charge in [0.1, 0.15) is 18.0 Å². The maximum absolute atomic E-state index is 13.0. The number of ether oxygens (including phenoxy) is 2. The number of hydrogen-bond acceptors (Lipinski definition) is 4. The third kappa shape index (κ3) is 3.57. The van der Waals surface area contributed by atoms with E-state index in [1.165, 1.54) is 4.90 Å². The van der Waals surface area contributed by atoms with Gasteiger partial charge in [-0.15, -0.1) is 0 Å². The molecule has 0 bridgehead atoms. The normalized spacial score (nSPS) is 14.3. The van der Waals surface area contributed by atoms with Crippen molar-refractivity contribution in [2.75, 3.05) is 23.9 Å². The number of carbonyl (C=O) groups is 2. The number of anilines is 2. The zero-order chi connectivity index (χ0) is 17.8. The molecule has 2 aromatic rings. The van der Waals surface area contributed by atoms with Crippen LogP contribution in [0.2, 0.25) is 0 Å². The molecule has 0 radical (unpaired) electrons. The summed E-state index contributed by atoms with van der Waals surface area (Å²) in [6.07, 6.45) is -0.206. The van der Waals surface area contributed by atoms with Crippen LogP contribution in [-0.4, -0.2) is 31.6 Å². The zero-order valence-corrected chi connectivity index (χ0v) is 14.2. The monoisotopic (exact) mass is 340 g/mol. The summed E-state index contributed by atoms with van der Waals surface area (Å²) in [6.45, 7) is 1.85. The Labute approximate surface area is 146 Å². The summed E-state index contributed by atoms with van der Waals surface area (Å²) in [5.74, 6) is 0.743. The van der Waals surface area contributed by atoms with Crippen molar-refractivity contribution in [3.05, 3.63) is 48.5 Å². The molecule has 1 N–H and O–H groups in total. The summed E-state index contributed by atoms with van der Waals surface area (Å²) in [6, 6.07) is 14.3. The summed E-state index contributed by atoms with van der Waals surface area (Å²) >= 11 is 0. The maximum atomic E-state index is 13.0. The summed E-state index contributed by atoms with van der Waals surface area (Å²) in [4.78, 5) is 26.4. The first-order valence-electron chi connectivity index (χ1n) is 8.13. The minimum absolute atomic E-state index is 0.0200. The molecule has 6 heteroatoms. The van der Waals surface area contributed by atoms with Gasteiger partial charge in [0, 0.05) is 6.07 Å². The van der Waals surface area contributed by atoms with E-state index in [-0.39, 0.29) is 18.4 Å². The molecule has 0 saturated carbocycles. The minimum Gasteiger partial charge on any atom is -0.497 e. The van der Waals surface area contributed by atoms with Crippen LogP contribution in [0.4, 0.5) is 11.4 Å². The molecule has 1 aliphatic heterocycles. The largest absolute Gasteiger partial charge is 0.497 e. The number of rotatable bonds is 5. The third-order valence-electron chi connectivity index (χ3n) is 4.00. The highest BCUT2D eigenvalue weighted by atomic mass is 16.5. The van der Waals surface area contributed by atoms with Crippen LogP contribution in [0.1, 0.15) is 13.3 Å². The Morgan fingerprint density at radius 3 is 2.72 bits per heavy atom. The van der Waals surface area contributed by atoms with Gasteiger partial charge in [-0.1, -0.05) is 25.1 Å². The molecule has 2 aromatic carbocycles. The first kappa shape index (κ1) is 16.8. The number of carbonyl (C=O) groups excluding carboxylic acids is 2. The Kier molecular flexibility index (Phi) is 4.88. The Bertz CT molecular complexity index is 790. The zero-order valence-electron chi connectivity index (χ0n) is 14.2. The highest BCUT2D eigenvalue weighted by Gasteiger charge is 2.31. The van der Waals surface area contributed by atoms with Gasteiger partial charge in [0.05, 0.1) is 18.5 Å². The molecule has 0 saturated heterocycles. The van der Waals surface area contributed by atoms with E-state index in [4.69, 9.17) is 9.47 Å². The average molecular weight is 340 g/mol. The van der Waals surface area contributed by atoms with Crippen molar-refractivity contribution >= 4 is 23.2 Å². The van der Waals surface area contributed by atoms with Gasteiger partial charge in [-0.25, -0.2) is 0 Å². The number of para-hydroxylation sites is 2. The number of hydrogen-bond donors (Lipinski definition) is 1. The summed E-state index contributed by atoms with van der Waals surface area (Å²) in [5, 5.41) is 2.78. The molecule has 0 fully saturated rings. The first-order chi connectivity index (χ1) is 12.1. The van der Waals surface area contributed by atoms with Crippen molar-refractivity contribution < 1.29 is 19.1 Å². The predicted octanol–water partition coefficient (Wildman–Crippen LogP) is 2.84. The lowest BCUT2D eigenvalue weighted by Crippen LogP contribution is -2.48. The predicted molar refractivity (Wildman–Crippen MR) is 95.1 cm³/mol. The van der Waals surface area contributed by atoms with Crippen molar-refractivity contribution in [2.24, 2.45) is 0 Å². The fraction of sp³-hybridized carbons (Fsp3) is 0.263. The van der Waals surface area contributed by atoms with Crippen LogP contribution >= 0.6 is 0 Å². The fourth-order valence-electron chi connectivity index (χ4n) is 2.75. The topological polar surface area (TPSA) is 67.9 Å². The second-order valence-electron chi connectivity index (χ2n) is 5.68. The smallest absolute Gasteiger partial charge is 0.268 e. The van der Waals surface area contributed by atoms with E-state index in [9.17, 15) is 9.59 Å². The lowest BCUT2D eigenvalue weighted by Gasteiger charge is -2.31. The molecule has 130 valence electrons. The van der Waals surface area contributed by atoms with Crippen molar-refractivity contribution in [2.45, 2.75) is 19.4 Å². The van der Waals surface area contributed by atoms with Gasteiger partial charge in [-0.05, 0) is 30.7 Å². The Hall–Kier alpha value is -3.02. The van der Waals surface area contributed by atoms with Gasteiger partial charge in [0.25, 0.3) is 5.91 Å². The Balaban J connectivity index is 1.84. The van der Waals surface area contributed by atoms with Gasteiger partial charge in [0.2, 0.25) is 5.91 Å². The summed E-state index contributed by atoms with van der Waals surface area (Å²) < 4.78 is 11.0. The Morgan fingerprint density at radius 2 is 1.96 bits per heavy atom. The van der Waals surface area contributed by atoms with Gasteiger partial charge in [0.15, 0.2) is 6.10 Å². The van der Waals surface area contributed by atoms with E-state index < -0.39 is 6.10 Å². The van der Waals surface area contributed by atoms with Crippen molar-refractivity contribution in [3.63, 3.8) is 0 Å². The summed E-state index contributed by atoms with van der Waals surface area (Å²) in [7, 11) is 1.57. The lowest BCUT2D eigenvalue weighted by molar-refractivity contribution is -0.127. The van der Waals surface area contributed by atoms with Crippen molar-refractivity contribution in [1.82, 2.24) is 0 Å². The molecule has 1 unspecified atom stereocenters. The van der Waals surface area contributed by atoms with Crippen molar-refractivity contribution in [3.8, 4) is 11.5 Å². The minimum atomic E-state index is -0.689. The number of nitrogens with zero attached hydrogens (tertiary/aromatic N) is 1. The second-order valence-corrected chi connectivity index (χ2v) is 5.68. The van der Waals surface area contributed by atoms with Crippen LogP contribution in [0.3, 0.4) is 0 Å². The molecule has 1 heterocycles. The van der Waals surface area contributed by atoms with Gasteiger partial charge < -0.3 is 14.8 Å². The number of methoxy groups -OCH3 is 1. The quantitative estimate of drug-likeness (QED) is 0.909. The van der Waals surface area contributed by atoms with Crippen LogP contribution in [-0.2, 0) is 9.59 Å². The van der Waals surface area contributed by atoms with Gasteiger partial charge in [-0.2, -0.15) is 0 Å². The van der Waals surface area contributed by atoms with Gasteiger partial charge in [-0.3, -0.25) is 14.5 Å². The van der Waals surface area contributed by atoms with Crippen molar-refractivity contribution in [1.29, 1.82) is 0 Å². The number of fused-ring (bicyclic) bond motifs is 1. The molecule has 25 heavy (non-hydrogen) atoms. The molecule has 1 aliphatic rings. The lowest BCUT2D eigenvalue weighted by atomic mass is 10.1. The molecular weight excluding hydrogens is 320 g/mol. The van der Waals surface area contributed by atoms with Crippen LogP contribution < -0.4 is 19.7 Å². The Morgan fingerprint density at radius 1 is 1.20 bits per heavy atom. The first-order valence-corrected chi connectivity index (χ1v) is 8.13. The van der Waals surface area contributed by atoms with E-state index in [2.05, 4.69) is 5.32 Å². The van der Waals surface area contributed by atoms with Crippen LogP contribution in [0.15, 0.2) is 48.5 Å². The SMILES string of the molecule is CCC(Oc1cccc(OC)c1)C(=O)N1CC(=O)Nc2ccccc21. The van der Waals surface area contributed by atoms with E-state index in [1.54, 1.807) is 37.4 Å². The molecule has 3 rings (SSSR count). The summed E-state index contributed by atoms with van der Waals surface area (Å²) in [5.41, 5.74) is 1.31. The van der Waals surface area contributed by atoms with E-state index >= 15 is 0 Å². The highest BCUT2D eigenvalue weighted by Crippen LogP contribution is 2.30. The maximum Gasteiger partial charge on any atom is 0.268 e. The fourth-order valence-corrected chi connectivity index (χ4v) is 2.75. The number of amides is 2. The molecule has 6 nitrogen and oxygen atoms in total. The average Bonchev–Trinajstić information content (AvgIpc) is 2.65. The molecule has 0 spiro atoms. The number of benzene rings is 2. The van der Waals surface area contributed by atoms with Crippen LogP contribution in [0.25, 0.3) is 0 Å². The molecule has 0 aromatic heterocycles. The van der Waals surface area contributed by atoms with Crippen LogP contribution in [0, 0.1) is 0 Å². The third-order valence-corrected chi connectivity index (χ3v) is 4.00. The molecule has 1 atom stereocenters. The van der Waals surface area contributed by atoms with E-state index in [0.29, 0.717) is 29.3 Å². The van der Waals surface area contributed by atoms with E-state index in [0.717, 1.165) is 0 Å². The highest BCUT2D eigenvalue weighted by molar-refractivity contribution is 6.11. The molecule has 0 aliphatic carbocycles. The standard InChI is InChI=1S/C19H20N2O4/c1-3-17(25-14-8-6-7-13(11-14)24-2)19(23)21-12-18(22)20-15-9-4-5-10-16(15)21/h4-11,17H,3,12H2,1-2H3,(H,20,22). The second kappa shape index (κ2) is 7.25. The number of nitrogens with one attached hydrogen (secondary N) is 1. The van der Waals surface area contributed by atoms with E-state index in [1.807, 2.05) is 25.1 Å². The van der Waals surface area contributed by atoms with Crippen LogP contribution in [0.5, 0.6) is 11.5 Å².